The third kappa shape index (κ3) is 1.50. The zero-order valence-electron chi connectivity index (χ0n) is 11.2. The standard InChI is InChI=1S/C17H18N2/c1-19-16-3-2-8-17(19,9-6-16)15-5-4-14-12-18-10-7-13(14)11-15/h2,4-5,7-8,10-12,16H,3,6,9H2,1H3. The quantitative estimate of drug-likeness (QED) is 0.720. The van der Waals surface area contributed by atoms with E-state index in [-0.39, 0.29) is 5.54 Å². The predicted molar refractivity (Wildman–Crippen MR) is 78.0 cm³/mol. The van der Waals surface area contributed by atoms with Gasteiger partial charge in [-0.1, -0.05) is 24.3 Å². The van der Waals surface area contributed by atoms with Crippen LogP contribution in [0.3, 0.4) is 0 Å². The first-order valence-electron chi connectivity index (χ1n) is 7.04. The summed E-state index contributed by atoms with van der Waals surface area (Å²) in [6.07, 6.45) is 12.3. The topological polar surface area (TPSA) is 16.1 Å². The predicted octanol–water partition coefficient (Wildman–Crippen LogP) is 3.48. The second-order valence-electron chi connectivity index (χ2n) is 5.80. The minimum Gasteiger partial charge on any atom is -0.290 e. The Morgan fingerprint density at radius 2 is 2.21 bits per heavy atom. The van der Waals surface area contributed by atoms with E-state index in [0.29, 0.717) is 0 Å². The van der Waals surface area contributed by atoms with Crippen molar-refractivity contribution in [2.75, 3.05) is 7.05 Å². The van der Waals surface area contributed by atoms with Crippen molar-refractivity contribution < 1.29 is 0 Å². The maximum absolute atomic E-state index is 4.19. The molecule has 0 saturated carbocycles. The van der Waals surface area contributed by atoms with Crippen LogP contribution >= 0.6 is 0 Å². The van der Waals surface area contributed by atoms with Gasteiger partial charge in [0, 0.05) is 23.8 Å². The maximum Gasteiger partial charge on any atom is 0.0646 e. The zero-order valence-corrected chi connectivity index (χ0v) is 11.2. The van der Waals surface area contributed by atoms with E-state index >= 15 is 0 Å². The van der Waals surface area contributed by atoms with Gasteiger partial charge in [-0.15, -0.1) is 0 Å². The molecule has 2 atom stereocenters. The molecule has 1 saturated heterocycles. The number of hydrogen-bond acceptors (Lipinski definition) is 2. The molecule has 4 rings (SSSR count). The van der Waals surface area contributed by atoms with E-state index in [1.807, 2.05) is 12.4 Å². The van der Waals surface area contributed by atoms with Crippen molar-refractivity contribution in [2.24, 2.45) is 0 Å². The Balaban J connectivity index is 1.90. The lowest BCUT2D eigenvalue weighted by Gasteiger charge is -2.39. The molecule has 1 aromatic carbocycles. The first-order valence-corrected chi connectivity index (χ1v) is 7.04. The molecule has 2 aliphatic rings. The largest absolute Gasteiger partial charge is 0.290 e. The van der Waals surface area contributed by atoms with Crippen LogP contribution in [0.5, 0.6) is 0 Å². The highest BCUT2D eigenvalue weighted by Crippen LogP contribution is 2.46. The molecule has 1 aromatic heterocycles. The fraction of sp³-hybridized carbons (Fsp3) is 0.353. The lowest BCUT2D eigenvalue weighted by Crippen LogP contribution is -2.42. The van der Waals surface area contributed by atoms with E-state index in [1.165, 1.54) is 35.6 Å². The smallest absolute Gasteiger partial charge is 0.0646 e. The summed E-state index contributed by atoms with van der Waals surface area (Å²) in [4.78, 5) is 6.76. The van der Waals surface area contributed by atoms with Gasteiger partial charge in [-0.2, -0.15) is 0 Å². The van der Waals surface area contributed by atoms with Crippen LogP contribution in [0.25, 0.3) is 10.8 Å². The number of rotatable bonds is 1. The minimum absolute atomic E-state index is 0.125. The highest BCUT2D eigenvalue weighted by Gasteiger charge is 2.45. The third-order valence-electron chi connectivity index (χ3n) is 4.98. The summed E-state index contributed by atoms with van der Waals surface area (Å²) in [6.45, 7) is 0. The number of aromatic nitrogens is 1. The van der Waals surface area contributed by atoms with Crippen molar-refractivity contribution in [3.8, 4) is 0 Å². The lowest BCUT2D eigenvalue weighted by atomic mass is 9.85. The summed E-state index contributed by atoms with van der Waals surface area (Å²) in [6, 6.07) is 9.65. The SMILES string of the molecule is CN1C2CC=CC1(c1ccc3cnccc3c1)CC2. The first kappa shape index (κ1) is 11.2. The Morgan fingerprint density at radius 3 is 3.16 bits per heavy atom. The molecule has 0 radical (unpaired) electrons. The summed E-state index contributed by atoms with van der Waals surface area (Å²) in [7, 11) is 2.28. The van der Waals surface area contributed by atoms with Crippen molar-refractivity contribution in [3.63, 3.8) is 0 Å². The molecule has 2 aliphatic heterocycles. The van der Waals surface area contributed by atoms with Gasteiger partial charge in [0.2, 0.25) is 0 Å². The number of nitrogens with zero attached hydrogens (tertiary/aromatic N) is 2. The maximum atomic E-state index is 4.19. The van der Waals surface area contributed by atoms with Crippen LogP contribution < -0.4 is 0 Å². The Bertz CT molecular complexity index is 661. The second-order valence-corrected chi connectivity index (χ2v) is 5.80. The molecule has 1 fully saturated rings. The van der Waals surface area contributed by atoms with E-state index < -0.39 is 0 Å². The summed E-state index contributed by atoms with van der Waals surface area (Å²) in [5, 5.41) is 2.51. The van der Waals surface area contributed by atoms with Crippen LogP contribution in [0.1, 0.15) is 24.8 Å². The number of likely N-dealkylation sites (N-methyl/N-ethyl adjacent to an activating group) is 1. The zero-order chi connectivity index (χ0) is 12.9. The molecule has 2 nitrogen and oxygen atoms in total. The summed E-state index contributed by atoms with van der Waals surface area (Å²) in [5.74, 6) is 0. The van der Waals surface area contributed by atoms with E-state index in [0.717, 1.165) is 6.04 Å². The van der Waals surface area contributed by atoms with Crippen LogP contribution in [0.4, 0.5) is 0 Å². The molecule has 0 N–H and O–H groups in total. The van der Waals surface area contributed by atoms with E-state index in [9.17, 15) is 0 Å². The molecular formula is C17H18N2. The van der Waals surface area contributed by atoms with Crippen molar-refractivity contribution in [1.82, 2.24) is 9.88 Å². The molecule has 2 bridgehead atoms. The molecule has 3 heterocycles. The van der Waals surface area contributed by atoms with Gasteiger partial charge < -0.3 is 0 Å². The molecule has 2 aromatic rings. The van der Waals surface area contributed by atoms with Gasteiger partial charge in [0.25, 0.3) is 0 Å². The van der Waals surface area contributed by atoms with Crippen molar-refractivity contribution in [1.29, 1.82) is 0 Å². The van der Waals surface area contributed by atoms with Gasteiger partial charge in [0.1, 0.15) is 0 Å². The fourth-order valence-corrected chi connectivity index (χ4v) is 3.78. The summed E-state index contributed by atoms with van der Waals surface area (Å²) >= 11 is 0. The van der Waals surface area contributed by atoms with Gasteiger partial charge >= 0.3 is 0 Å². The molecule has 19 heavy (non-hydrogen) atoms. The molecule has 0 aliphatic carbocycles. The highest BCUT2D eigenvalue weighted by atomic mass is 15.2. The van der Waals surface area contributed by atoms with Gasteiger partial charge in [-0.3, -0.25) is 9.88 Å². The molecule has 2 heteroatoms. The summed E-state index contributed by atoms with van der Waals surface area (Å²) in [5.41, 5.74) is 1.55. The number of fused-ring (bicyclic) bond motifs is 3. The summed E-state index contributed by atoms with van der Waals surface area (Å²) < 4.78 is 0. The normalized spacial score (nSPS) is 30.1. The fourth-order valence-electron chi connectivity index (χ4n) is 3.78. The number of pyridine rings is 1. The van der Waals surface area contributed by atoms with Crippen molar-refractivity contribution in [3.05, 3.63) is 54.4 Å². The monoisotopic (exact) mass is 250 g/mol. The molecular weight excluding hydrogens is 232 g/mol. The van der Waals surface area contributed by atoms with Crippen LogP contribution in [-0.2, 0) is 5.54 Å². The van der Waals surface area contributed by atoms with E-state index in [4.69, 9.17) is 0 Å². The van der Waals surface area contributed by atoms with Gasteiger partial charge in [0.15, 0.2) is 0 Å². The molecule has 96 valence electrons. The van der Waals surface area contributed by atoms with Gasteiger partial charge in [-0.25, -0.2) is 0 Å². The Hall–Kier alpha value is -1.67. The lowest BCUT2D eigenvalue weighted by molar-refractivity contribution is 0.168. The average molecular weight is 250 g/mol. The highest BCUT2D eigenvalue weighted by molar-refractivity contribution is 5.82. The van der Waals surface area contributed by atoms with Crippen LogP contribution in [-0.4, -0.2) is 23.0 Å². The van der Waals surface area contributed by atoms with Crippen LogP contribution in [0.15, 0.2) is 48.8 Å². The molecule has 0 spiro atoms. The van der Waals surface area contributed by atoms with Gasteiger partial charge in [0.05, 0.1) is 5.54 Å². The Kier molecular flexibility index (Phi) is 2.30. The average Bonchev–Trinajstić information content (AvgIpc) is 2.66. The molecule has 2 unspecified atom stereocenters. The minimum atomic E-state index is 0.125. The molecule has 0 amide bonds. The number of benzene rings is 1. The third-order valence-corrected chi connectivity index (χ3v) is 4.98. The Labute approximate surface area is 113 Å². The van der Waals surface area contributed by atoms with E-state index in [1.54, 1.807) is 0 Å². The second kappa shape index (κ2) is 3.91. The van der Waals surface area contributed by atoms with Crippen molar-refractivity contribution in [2.45, 2.75) is 30.8 Å². The van der Waals surface area contributed by atoms with Crippen molar-refractivity contribution >= 4 is 10.8 Å². The number of hydrogen-bond donors (Lipinski definition) is 0. The van der Waals surface area contributed by atoms with Crippen LogP contribution in [0, 0.1) is 0 Å². The van der Waals surface area contributed by atoms with Crippen LogP contribution in [0.2, 0.25) is 0 Å². The Morgan fingerprint density at radius 1 is 1.26 bits per heavy atom. The van der Waals surface area contributed by atoms with Gasteiger partial charge in [-0.05, 0) is 49.4 Å². The van der Waals surface area contributed by atoms with E-state index in [2.05, 4.69) is 53.3 Å². The first-order chi connectivity index (χ1) is 9.29.